The SMILES string of the molecule is CC(C)=C(C)C(=O)OC(C)CC(C)(C)O. The second kappa shape index (κ2) is 5.31. The van der Waals surface area contributed by atoms with Crippen molar-refractivity contribution in [3.63, 3.8) is 0 Å². The fourth-order valence-corrected chi connectivity index (χ4v) is 1.22. The third-order valence-corrected chi connectivity index (χ3v) is 2.15. The Hall–Kier alpha value is -0.830. The normalized spacial score (nSPS) is 13.3. The van der Waals surface area contributed by atoms with Crippen LogP contribution < -0.4 is 0 Å². The number of aliphatic hydroxyl groups is 1. The first kappa shape index (κ1) is 14.2. The Morgan fingerprint density at radius 2 is 1.80 bits per heavy atom. The minimum Gasteiger partial charge on any atom is -0.459 e. The molecular weight excluding hydrogens is 192 g/mol. The molecule has 0 aromatic heterocycles. The van der Waals surface area contributed by atoms with E-state index in [1.54, 1.807) is 27.7 Å². The first-order valence-electron chi connectivity index (χ1n) is 5.21. The van der Waals surface area contributed by atoms with Gasteiger partial charge in [-0.2, -0.15) is 0 Å². The second-order valence-electron chi connectivity index (χ2n) is 4.86. The lowest BCUT2D eigenvalue weighted by molar-refractivity contribution is -0.145. The molecule has 0 spiro atoms. The quantitative estimate of drug-likeness (QED) is 0.577. The maximum absolute atomic E-state index is 11.5. The van der Waals surface area contributed by atoms with Crippen LogP contribution in [0.2, 0.25) is 0 Å². The van der Waals surface area contributed by atoms with E-state index >= 15 is 0 Å². The van der Waals surface area contributed by atoms with Crippen molar-refractivity contribution < 1.29 is 14.6 Å². The molecule has 0 amide bonds. The van der Waals surface area contributed by atoms with Crippen LogP contribution in [-0.2, 0) is 9.53 Å². The highest BCUT2D eigenvalue weighted by atomic mass is 16.5. The van der Waals surface area contributed by atoms with Gasteiger partial charge in [0.15, 0.2) is 0 Å². The van der Waals surface area contributed by atoms with Crippen LogP contribution in [0.4, 0.5) is 0 Å². The molecule has 0 saturated heterocycles. The van der Waals surface area contributed by atoms with Crippen LogP contribution in [0.3, 0.4) is 0 Å². The summed E-state index contributed by atoms with van der Waals surface area (Å²) in [6.45, 7) is 10.7. The van der Waals surface area contributed by atoms with E-state index in [2.05, 4.69) is 0 Å². The molecule has 0 aliphatic heterocycles. The molecule has 0 bridgehead atoms. The van der Waals surface area contributed by atoms with Gasteiger partial charge in [-0.15, -0.1) is 0 Å². The molecule has 1 unspecified atom stereocenters. The first-order valence-corrected chi connectivity index (χ1v) is 5.21. The summed E-state index contributed by atoms with van der Waals surface area (Å²) in [7, 11) is 0. The summed E-state index contributed by atoms with van der Waals surface area (Å²) in [4.78, 5) is 11.5. The molecule has 0 aliphatic carbocycles. The van der Waals surface area contributed by atoms with E-state index in [0.29, 0.717) is 12.0 Å². The lowest BCUT2D eigenvalue weighted by atomic mass is 10.0. The van der Waals surface area contributed by atoms with Gasteiger partial charge in [0.25, 0.3) is 0 Å². The molecular formula is C12H22O3. The molecule has 0 fully saturated rings. The molecule has 0 radical (unpaired) electrons. The van der Waals surface area contributed by atoms with Gasteiger partial charge < -0.3 is 9.84 Å². The Kier molecular flexibility index (Phi) is 5.01. The molecule has 88 valence electrons. The minimum atomic E-state index is -0.807. The molecule has 3 heteroatoms. The number of carbonyl (C=O) groups excluding carboxylic acids is 1. The third-order valence-electron chi connectivity index (χ3n) is 2.15. The number of allylic oxidation sites excluding steroid dienone is 1. The van der Waals surface area contributed by atoms with Crippen LogP contribution in [0.5, 0.6) is 0 Å². The average molecular weight is 214 g/mol. The van der Waals surface area contributed by atoms with Crippen LogP contribution in [-0.4, -0.2) is 22.8 Å². The van der Waals surface area contributed by atoms with Crippen molar-refractivity contribution >= 4 is 5.97 Å². The van der Waals surface area contributed by atoms with Crippen LogP contribution in [0, 0.1) is 0 Å². The summed E-state index contributed by atoms with van der Waals surface area (Å²) in [5.41, 5.74) is 0.784. The number of esters is 1. The average Bonchev–Trinajstić information content (AvgIpc) is 1.98. The fourth-order valence-electron chi connectivity index (χ4n) is 1.22. The monoisotopic (exact) mass is 214 g/mol. The lowest BCUT2D eigenvalue weighted by Crippen LogP contribution is -2.28. The molecule has 0 aromatic rings. The van der Waals surface area contributed by atoms with E-state index < -0.39 is 5.60 Å². The maximum Gasteiger partial charge on any atom is 0.333 e. The number of ether oxygens (including phenoxy) is 1. The van der Waals surface area contributed by atoms with Gasteiger partial charge in [-0.05, 0) is 41.5 Å². The molecule has 15 heavy (non-hydrogen) atoms. The summed E-state index contributed by atoms with van der Waals surface area (Å²) in [5, 5.41) is 9.55. The summed E-state index contributed by atoms with van der Waals surface area (Å²) >= 11 is 0. The predicted molar refractivity (Wildman–Crippen MR) is 60.5 cm³/mol. The Balaban J connectivity index is 4.27. The highest BCUT2D eigenvalue weighted by molar-refractivity contribution is 5.88. The Morgan fingerprint density at radius 1 is 1.33 bits per heavy atom. The van der Waals surface area contributed by atoms with Gasteiger partial charge in [-0.3, -0.25) is 0 Å². The first-order chi connectivity index (χ1) is 6.63. The van der Waals surface area contributed by atoms with Crippen LogP contribution >= 0.6 is 0 Å². The zero-order chi connectivity index (χ0) is 12.2. The molecule has 0 heterocycles. The number of carbonyl (C=O) groups is 1. The van der Waals surface area contributed by atoms with Crippen molar-refractivity contribution in [3.8, 4) is 0 Å². The van der Waals surface area contributed by atoms with Gasteiger partial charge in [0, 0.05) is 12.0 Å². The van der Waals surface area contributed by atoms with Crippen LogP contribution in [0.15, 0.2) is 11.1 Å². The van der Waals surface area contributed by atoms with E-state index in [0.717, 1.165) is 5.57 Å². The molecule has 0 rings (SSSR count). The summed E-state index contributed by atoms with van der Waals surface area (Å²) in [5.74, 6) is -0.299. The van der Waals surface area contributed by atoms with Crippen molar-refractivity contribution in [1.82, 2.24) is 0 Å². The van der Waals surface area contributed by atoms with E-state index in [1.807, 2.05) is 13.8 Å². The van der Waals surface area contributed by atoms with Crippen LogP contribution in [0.1, 0.15) is 48.0 Å². The summed E-state index contributed by atoms with van der Waals surface area (Å²) in [6.07, 6.45) is 0.168. The van der Waals surface area contributed by atoms with Crippen LogP contribution in [0.25, 0.3) is 0 Å². The van der Waals surface area contributed by atoms with Gasteiger partial charge in [-0.25, -0.2) is 4.79 Å². The van der Waals surface area contributed by atoms with E-state index in [1.165, 1.54) is 0 Å². The Morgan fingerprint density at radius 3 is 2.13 bits per heavy atom. The minimum absolute atomic E-state index is 0.271. The van der Waals surface area contributed by atoms with Gasteiger partial charge in [-0.1, -0.05) is 5.57 Å². The van der Waals surface area contributed by atoms with Gasteiger partial charge in [0.05, 0.1) is 5.60 Å². The standard InChI is InChI=1S/C12H22O3/c1-8(2)10(4)11(13)15-9(3)7-12(5,6)14/h9,14H,7H2,1-6H3. The van der Waals surface area contributed by atoms with Crippen molar-refractivity contribution in [2.24, 2.45) is 0 Å². The third kappa shape index (κ3) is 6.28. The number of hydrogen-bond acceptors (Lipinski definition) is 3. The Bertz CT molecular complexity index is 255. The highest BCUT2D eigenvalue weighted by Crippen LogP contribution is 2.15. The highest BCUT2D eigenvalue weighted by Gasteiger charge is 2.20. The Labute approximate surface area is 92.1 Å². The van der Waals surface area contributed by atoms with E-state index in [9.17, 15) is 9.90 Å². The van der Waals surface area contributed by atoms with Gasteiger partial charge >= 0.3 is 5.97 Å². The largest absolute Gasteiger partial charge is 0.459 e. The maximum atomic E-state index is 11.5. The zero-order valence-electron chi connectivity index (χ0n) is 10.5. The fraction of sp³-hybridized carbons (Fsp3) is 0.750. The van der Waals surface area contributed by atoms with Gasteiger partial charge in [0.1, 0.15) is 6.10 Å². The molecule has 0 aromatic carbocycles. The predicted octanol–water partition coefficient (Wildman–Crippen LogP) is 2.44. The lowest BCUT2D eigenvalue weighted by Gasteiger charge is -2.22. The second-order valence-corrected chi connectivity index (χ2v) is 4.86. The zero-order valence-corrected chi connectivity index (χ0v) is 10.5. The van der Waals surface area contributed by atoms with Crippen molar-refractivity contribution in [2.75, 3.05) is 0 Å². The molecule has 1 N–H and O–H groups in total. The van der Waals surface area contributed by atoms with Crippen molar-refractivity contribution in [1.29, 1.82) is 0 Å². The van der Waals surface area contributed by atoms with E-state index in [4.69, 9.17) is 4.74 Å². The van der Waals surface area contributed by atoms with E-state index in [-0.39, 0.29) is 12.1 Å². The van der Waals surface area contributed by atoms with Gasteiger partial charge in [0.2, 0.25) is 0 Å². The molecule has 1 atom stereocenters. The van der Waals surface area contributed by atoms with Crippen molar-refractivity contribution in [2.45, 2.75) is 59.7 Å². The number of rotatable bonds is 4. The molecule has 0 saturated carbocycles. The summed E-state index contributed by atoms with van der Waals surface area (Å²) in [6, 6.07) is 0. The van der Waals surface area contributed by atoms with Crippen molar-refractivity contribution in [3.05, 3.63) is 11.1 Å². The topological polar surface area (TPSA) is 46.5 Å². The summed E-state index contributed by atoms with van der Waals surface area (Å²) < 4.78 is 5.19. The molecule has 0 aliphatic rings. The smallest absolute Gasteiger partial charge is 0.333 e. The number of hydrogen-bond donors (Lipinski definition) is 1. The molecule has 3 nitrogen and oxygen atoms in total.